The van der Waals surface area contributed by atoms with E-state index in [1.807, 2.05) is 0 Å². The summed E-state index contributed by atoms with van der Waals surface area (Å²) in [6, 6.07) is 4.80. The molecule has 1 rings (SSSR count). The minimum Gasteiger partial charge on any atom is -0.496 e. The summed E-state index contributed by atoms with van der Waals surface area (Å²) in [5, 5.41) is 11.5. The van der Waals surface area contributed by atoms with E-state index in [9.17, 15) is 8.78 Å². The van der Waals surface area contributed by atoms with Crippen LogP contribution >= 0.6 is 0 Å². The molecule has 7 heteroatoms. The van der Waals surface area contributed by atoms with E-state index < -0.39 is 13.0 Å². The van der Waals surface area contributed by atoms with Gasteiger partial charge in [0, 0.05) is 0 Å². The minimum atomic E-state index is -2.51. The van der Waals surface area contributed by atoms with E-state index in [4.69, 9.17) is 20.4 Å². The molecule has 0 heterocycles. The zero-order chi connectivity index (χ0) is 13.5. The second kappa shape index (κ2) is 6.75. The third-order valence-corrected chi connectivity index (χ3v) is 2.16. The summed E-state index contributed by atoms with van der Waals surface area (Å²) in [7, 11) is 1.44. The Kier molecular flexibility index (Phi) is 5.31. The maximum absolute atomic E-state index is 11.9. The van der Waals surface area contributed by atoms with Crippen molar-refractivity contribution in [3.63, 3.8) is 0 Å². The highest BCUT2D eigenvalue weighted by molar-refractivity contribution is 5.99. The summed E-state index contributed by atoms with van der Waals surface area (Å²) >= 11 is 0. The number of methoxy groups -OCH3 is 1. The van der Waals surface area contributed by atoms with Gasteiger partial charge in [0.05, 0.1) is 19.3 Å². The van der Waals surface area contributed by atoms with Crippen molar-refractivity contribution in [2.75, 3.05) is 13.7 Å². The summed E-state index contributed by atoms with van der Waals surface area (Å²) in [5.41, 5.74) is 6.47. The fraction of sp³-hybridized carbons (Fsp3) is 0.364. The third kappa shape index (κ3) is 3.85. The molecule has 0 saturated heterocycles. The second-order valence-electron chi connectivity index (χ2n) is 3.43. The van der Waals surface area contributed by atoms with Crippen molar-refractivity contribution in [2.24, 2.45) is 10.9 Å². The van der Waals surface area contributed by atoms with Gasteiger partial charge in [0.1, 0.15) is 12.4 Å². The maximum atomic E-state index is 11.9. The molecule has 0 saturated carbocycles. The van der Waals surface area contributed by atoms with Crippen LogP contribution in [0.25, 0.3) is 0 Å². The first-order chi connectivity index (χ1) is 8.58. The average molecular weight is 260 g/mol. The summed E-state index contributed by atoms with van der Waals surface area (Å²) < 4.78 is 33.6. The lowest BCUT2D eigenvalue weighted by molar-refractivity contribution is 0.00986. The first kappa shape index (κ1) is 14.2. The van der Waals surface area contributed by atoms with Crippen molar-refractivity contribution in [2.45, 2.75) is 13.0 Å². The molecule has 3 N–H and O–H groups in total. The van der Waals surface area contributed by atoms with Crippen molar-refractivity contribution in [3.05, 3.63) is 29.3 Å². The van der Waals surface area contributed by atoms with Gasteiger partial charge in [-0.3, -0.25) is 0 Å². The fourth-order valence-electron chi connectivity index (χ4n) is 1.36. The number of hydrogen-bond acceptors (Lipinski definition) is 4. The van der Waals surface area contributed by atoms with Gasteiger partial charge < -0.3 is 20.4 Å². The van der Waals surface area contributed by atoms with Gasteiger partial charge in [0.15, 0.2) is 5.84 Å². The topological polar surface area (TPSA) is 77.1 Å². The maximum Gasteiger partial charge on any atom is 0.261 e. The number of alkyl halides is 2. The van der Waals surface area contributed by atoms with Crippen LogP contribution in [0.4, 0.5) is 8.78 Å². The molecule has 0 fully saturated rings. The Morgan fingerprint density at radius 1 is 1.50 bits per heavy atom. The smallest absolute Gasteiger partial charge is 0.261 e. The molecular weight excluding hydrogens is 246 g/mol. The zero-order valence-corrected chi connectivity index (χ0v) is 9.77. The summed E-state index contributed by atoms with van der Waals surface area (Å²) in [5.74, 6) is 0.297. The van der Waals surface area contributed by atoms with Crippen LogP contribution in [0.15, 0.2) is 23.4 Å². The Balaban J connectivity index is 2.83. The van der Waals surface area contributed by atoms with Crippen molar-refractivity contribution in [1.82, 2.24) is 0 Å². The number of halogens is 2. The van der Waals surface area contributed by atoms with Gasteiger partial charge >= 0.3 is 0 Å². The fourth-order valence-corrected chi connectivity index (χ4v) is 1.36. The molecule has 0 aliphatic heterocycles. The molecule has 100 valence electrons. The number of oxime groups is 1. The molecule has 1 aromatic rings. The van der Waals surface area contributed by atoms with E-state index in [0.717, 1.165) is 0 Å². The number of benzene rings is 1. The highest BCUT2D eigenvalue weighted by Gasteiger charge is 2.09. The number of rotatable bonds is 6. The molecule has 5 nitrogen and oxygen atoms in total. The average Bonchev–Trinajstić information content (AvgIpc) is 2.37. The van der Waals surface area contributed by atoms with E-state index in [1.54, 1.807) is 18.2 Å². The SMILES string of the molecule is COc1ccc(COCC(F)F)cc1/C(N)=N/O. The third-order valence-electron chi connectivity index (χ3n) is 2.16. The highest BCUT2D eigenvalue weighted by atomic mass is 19.3. The molecule has 0 aromatic heterocycles. The summed E-state index contributed by atoms with van der Waals surface area (Å²) in [4.78, 5) is 0. The van der Waals surface area contributed by atoms with Crippen molar-refractivity contribution in [1.29, 1.82) is 0 Å². The molecule has 0 unspecified atom stereocenters. The Labute approximate surface area is 103 Å². The molecule has 1 aromatic carbocycles. The van der Waals surface area contributed by atoms with Gasteiger partial charge in [0.25, 0.3) is 6.43 Å². The number of amidine groups is 1. The zero-order valence-electron chi connectivity index (χ0n) is 9.77. The molecule has 0 atom stereocenters. The Morgan fingerprint density at radius 3 is 2.78 bits per heavy atom. The van der Waals surface area contributed by atoms with Crippen LogP contribution in [0.5, 0.6) is 5.75 Å². The first-order valence-electron chi connectivity index (χ1n) is 5.09. The normalized spacial score (nSPS) is 11.9. The Bertz CT molecular complexity index is 425. The van der Waals surface area contributed by atoms with E-state index in [0.29, 0.717) is 16.9 Å². The molecule has 0 spiro atoms. The van der Waals surface area contributed by atoms with E-state index in [1.165, 1.54) is 7.11 Å². The monoisotopic (exact) mass is 260 g/mol. The lowest BCUT2D eigenvalue weighted by Crippen LogP contribution is -2.15. The van der Waals surface area contributed by atoms with Crippen LogP contribution in [0.1, 0.15) is 11.1 Å². The Morgan fingerprint density at radius 2 is 2.22 bits per heavy atom. The van der Waals surface area contributed by atoms with Crippen molar-refractivity contribution >= 4 is 5.84 Å². The van der Waals surface area contributed by atoms with Crippen LogP contribution < -0.4 is 10.5 Å². The van der Waals surface area contributed by atoms with Gasteiger partial charge in [0.2, 0.25) is 0 Å². The largest absolute Gasteiger partial charge is 0.496 e. The standard InChI is InChI=1S/C11H14F2N2O3/c1-17-9-3-2-7(5-18-6-10(12)13)4-8(9)11(14)15-16/h2-4,10,16H,5-6H2,1H3,(H2,14,15). The first-order valence-corrected chi connectivity index (χ1v) is 5.09. The van der Waals surface area contributed by atoms with Gasteiger partial charge in [-0.15, -0.1) is 0 Å². The Hall–Kier alpha value is -1.89. The van der Waals surface area contributed by atoms with Gasteiger partial charge in [-0.05, 0) is 17.7 Å². The van der Waals surface area contributed by atoms with Crippen molar-refractivity contribution in [3.8, 4) is 5.75 Å². The van der Waals surface area contributed by atoms with Crippen molar-refractivity contribution < 1.29 is 23.5 Å². The quantitative estimate of drug-likeness (QED) is 0.352. The van der Waals surface area contributed by atoms with E-state index in [2.05, 4.69) is 5.16 Å². The number of ether oxygens (including phenoxy) is 2. The molecule has 0 aliphatic rings. The number of nitrogens with two attached hydrogens (primary N) is 1. The summed E-state index contributed by atoms with van der Waals surface area (Å²) in [6.45, 7) is -0.620. The number of nitrogens with zero attached hydrogens (tertiary/aromatic N) is 1. The van der Waals surface area contributed by atoms with E-state index in [-0.39, 0.29) is 12.4 Å². The van der Waals surface area contributed by atoms with E-state index >= 15 is 0 Å². The molecule has 0 bridgehead atoms. The van der Waals surface area contributed by atoms with Gasteiger partial charge in [-0.1, -0.05) is 11.2 Å². The lowest BCUT2D eigenvalue weighted by atomic mass is 10.1. The lowest BCUT2D eigenvalue weighted by Gasteiger charge is -2.10. The van der Waals surface area contributed by atoms with Crippen LogP contribution in [0.2, 0.25) is 0 Å². The predicted molar refractivity (Wildman–Crippen MR) is 61.2 cm³/mol. The number of hydrogen-bond donors (Lipinski definition) is 2. The molecule has 0 amide bonds. The van der Waals surface area contributed by atoms with Crippen LogP contribution in [-0.2, 0) is 11.3 Å². The highest BCUT2D eigenvalue weighted by Crippen LogP contribution is 2.20. The molecule has 0 aliphatic carbocycles. The minimum absolute atomic E-state index is 0.0139. The van der Waals surface area contributed by atoms with Crippen LogP contribution in [-0.4, -0.2) is 31.2 Å². The predicted octanol–water partition coefficient (Wildman–Crippen LogP) is 1.57. The second-order valence-corrected chi connectivity index (χ2v) is 3.43. The van der Waals surface area contributed by atoms with Gasteiger partial charge in [-0.2, -0.15) is 0 Å². The van der Waals surface area contributed by atoms with Crippen LogP contribution in [0, 0.1) is 0 Å². The molecule has 18 heavy (non-hydrogen) atoms. The molecular formula is C11H14F2N2O3. The van der Waals surface area contributed by atoms with Crippen LogP contribution in [0.3, 0.4) is 0 Å². The van der Waals surface area contributed by atoms with Gasteiger partial charge in [-0.25, -0.2) is 8.78 Å². The molecule has 0 radical (unpaired) electrons. The summed E-state index contributed by atoms with van der Waals surface area (Å²) in [6.07, 6.45) is -2.51.